The molecule has 5 heteroatoms. The molecule has 0 bridgehead atoms. The fourth-order valence-electron chi connectivity index (χ4n) is 3.13. The molecule has 1 amide bonds. The first-order valence-electron chi connectivity index (χ1n) is 8.69. The standard InChI is InChI=1S/C19H25N3O2/c1-13(2)18-20-21-19(24-18)16-7-9-22(10-8-16)17(23)12-15-6-4-5-14(3)11-15/h4-6,11,13,16H,7-10,12H2,1-3H3. The third-order valence-electron chi connectivity index (χ3n) is 4.58. The molecule has 1 aliphatic rings. The summed E-state index contributed by atoms with van der Waals surface area (Å²) in [5, 5.41) is 8.30. The third-order valence-corrected chi connectivity index (χ3v) is 4.58. The molecule has 0 spiro atoms. The summed E-state index contributed by atoms with van der Waals surface area (Å²) in [6.45, 7) is 7.66. The second-order valence-corrected chi connectivity index (χ2v) is 6.95. The Kier molecular flexibility index (Phi) is 4.97. The van der Waals surface area contributed by atoms with E-state index in [9.17, 15) is 4.79 Å². The van der Waals surface area contributed by atoms with Crippen LogP contribution in [0.5, 0.6) is 0 Å². The summed E-state index contributed by atoms with van der Waals surface area (Å²) < 4.78 is 5.76. The number of aromatic nitrogens is 2. The van der Waals surface area contributed by atoms with E-state index in [2.05, 4.69) is 29.3 Å². The second-order valence-electron chi connectivity index (χ2n) is 6.95. The van der Waals surface area contributed by atoms with Crippen LogP contribution >= 0.6 is 0 Å². The van der Waals surface area contributed by atoms with E-state index in [1.165, 1.54) is 5.56 Å². The van der Waals surface area contributed by atoms with Gasteiger partial charge in [0.25, 0.3) is 0 Å². The number of carbonyl (C=O) groups excluding carboxylic acids is 1. The maximum atomic E-state index is 12.5. The molecule has 1 aliphatic heterocycles. The van der Waals surface area contributed by atoms with Gasteiger partial charge in [0.15, 0.2) is 0 Å². The zero-order chi connectivity index (χ0) is 17.1. The van der Waals surface area contributed by atoms with Crippen molar-refractivity contribution in [1.82, 2.24) is 15.1 Å². The lowest BCUT2D eigenvalue weighted by Crippen LogP contribution is -2.38. The van der Waals surface area contributed by atoms with Gasteiger partial charge in [-0.05, 0) is 25.3 Å². The SMILES string of the molecule is Cc1cccc(CC(=O)N2CCC(c3nnc(C(C)C)o3)CC2)c1. The van der Waals surface area contributed by atoms with E-state index >= 15 is 0 Å². The van der Waals surface area contributed by atoms with Crippen LogP contribution in [0.25, 0.3) is 0 Å². The first-order valence-corrected chi connectivity index (χ1v) is 8.69. The first-order chi connectivity index (χ1) is 11.5. The molecule has 128 valence electrons. The van der Waals surface area contributed by atoms with Gasteiger partial charge in [0, 0.05) is 24.9 Å². The number of piperidine rings is 1. The molecule has 5 nitrogen and oxygen atoms in total. The normalized spacial score (nSPS) is 15.9. The summed E-state index contributed by atoms with van der Waals surface area (Å²) in [6, 6.07) is 8.15. The number of nitrogens with zero attached hydrogens (tertiary/aromatic N) is 3. The monoisotopic (exact) mass is 327 g/mol. The largest absolute Gasteiger partial charge is 0.425 e. The predicted molar refractivity (Wildman–Crippen MR) is 91.8 cm³/mol. The quantitative estimate of drug-likeness (QED) is 0.863. The minimum atomic E-state index is 0.201. The van der Waals surface area contributed by atoms with Crippen LogP contribution in [0.3, 0.4) is 0 Å². The van der Waals surface area contributed by atoms with Gasteiger partial charge in [0.2, 0.25) is 17.7 Å². The zero-order valence-corrected chi connectivity index (χ0v) is 14.7. The smallest absolute Gasteiger partial charge is 0.226 e. The average Bonchev–Trinajstić information content (AvgIpc) is 3.05. The van der Waals surface area contributed by atoms with E-state index in [1.54, 1.807) is 0 Å². The fraction of sp³-hybridized carbons (Fsp3) is 0.526. The highest BCUT2D eigenvalue weighted by atomic mass is 16.4. The number of aryl methyl sites for hydroxylation is 1. The van der Waals surface area contributed by atoms with Gasteiger partial charge in [-0.3, -0.25) is 4.79 Å². The topological polar surface area (TPSA) is 59.2 Å². The molecule has 1 saturated heterocycles. The van der Waals surface area contributed by atoms with Crippen LogP contribution < -0.4 is 0 Å². The van der Waals surface area contributed by atoms with Gasteiger partial charge in [0.05, 0.1) is 6.42 Å². The lowest BCUT2D eigenvalue weighted by atomic mass is 9.96. The molecule has 24 heavy (non-hydrogen) atoms. The van der Waals surface area contributed by atoms with E-state index in [1.807, 2.05) is 30.9 Å². The van der Waals surface area contributed by atoms with Gasteiger partial charge in [-0.2, -0.15) is 0 Å². The molecule has 0 N–H and O–H groups in total. The van der Waals surface area contributed by atoms with Gasteiger partial charge in [0.1, 0.15) is 0 Å². The fourth-order valence-corrected chi connectivity index (χ4v) is 3.13. The van der Waals surface area contributed by atoms with Crippen LogP contribution in [-0.4, -0.2) is 34.1 Å². The molecule has 3 rings (SSSR count). The van der Waals surface area contributed by atoms with E-state index in [0.717, 1.165) is 37.4 Å². The van der Waals surface area contributed by atoms with Gasteiger partial charge in [-0.1, -0.05) is 43.7 Å². The number of benzene rings is 1. The van der Waals surface area contributed by atoms with Crippen molar-refractivity contribution in [1.29, 1.82) is 0 Å². The summed E-state index contributed by atoms with van der Waals surface area (Å²) in [6.07, 6.45) is 2.25. The van der Waals surface area contributed by atoms with Crippen LogP contribution in [0, 0.1) is 6.92 Å². The molecule has 0 saturated carbocycles. The molecular weight excluding hydrogens is 302 g/mol. The summed E-state index contributed by atoms with van der Waals surface area (Å²) in [5.74, 6) is 2.15. The van der Waals surface area contributed by atoms with Gasteiger partial charge in [-0.25, -0.2) is 0 Å². The van der Waals surface area contributed by atoms with Crippen molar-refractivity contribution < 1.29 is 9.21 Å². The minimum absolute atomic E-state index is 0.201. The summed E-state index contributed by atoms with van der Waals surface area (Å²) in [7, 11) is 0. The first kappa shape index (κ1) is 16.7. The van der Waals surface area contributed by atoms with Crippen molar-refractivity contribution in [2.45, 2.75) is 51.9 Å². The molecule has 1 aromatic heterocycles. The summed E-state index contributed by atoms with van der Waals surface area (Å²) in [5.41, 5.74) is 2.27. The Bertz CT molecular complexity index is 700. The molecule has 0 atom stereocenters. The Morgan fingerprint density at radius 1 is 1.29 bits per heavy atom. The second kappa shape index (κ2) is 7.16. The molecule has 2 aromatic rings. The van der Waals surface area contributed by atoms with Crippen LogP contribution in [-0.2, 0) is 11.2 Å². The Hall–Kier alpha value is -2.17. The Balaban J connectivity index is 1.55. The van der Waals surface area contributed by atoms with Gasteiger partial charge < -0.3 is 9.32 Å². The van der Waals surface area contributed by atoms with Crippen molar-refractivity contribution in [3.8, 4) is 0 Å². The number of amides is 1. The molecule has 1 fully saturated rings. The lowest BCUT2D eigenvalue weighted by Gasteiger charge is -2.30. The number of carbonyl (C=O) groups is 1. The van der Waals surface area contributed by atoms with Crippen LogP contribution in [0.2, 0.25) is 0 Å². The van der Waals surface area contributed by atoms with Crippen molar-refractivity contribution in [3.05, 3.63) is 47.2 Å². The van der Waals surface area contributed by atoms with E-state index in [4.69, 9.17) is 4.42 Å². The lowest BCUT2D eigenvalue weighted by molar-refractivity contribution is -0.131. The molecule has 0 unspecified atom stereocenters. The van der Waals surface area contributed by atoms with Crippen molar-refractivity contribution in [3.63, 3.8) is 0 Å². The van der Waals surface area contributed by atoms with E-state index in [-0.39, 0.29) is 17.7 Å². The highest BCUT2D eigenvalue weighted by Gasteiger charge is 2.27. The van der Waals surface area contributed by atoms with Gasteiger partial charge >= 0.3 is 0 Å². The molecular formula is C19H25N3O2. The number of hydrogen-bond donors (Lipinski definition) is 0. The molecule has 2 heterocycles. The highest BCUT2D eigenvalue weighted by molar-refractivity contribution is 5.78. The third kappa shape index (κ3) is 3.83. The van der Waals surface area contributed by atoms with E-state index < -0.39 is 0 Å². The van der Waals surface area contributed by atoms with Gasteiger partial charge in [-0.15, -0.1) is 10.2 Å². The number of hydrogen-bond acceptors (Lipinski definition) is 4. The van der Waals surface area contributed by atoms with Crippen molar-refractivity contribution in [2.75, 3.05) is 13.1 Å². The van der Waals surface area contributed by atoms with Crippen molar-refractivity contribution in [2.24, 2.45) is 0 Å². The van der Waals surface area contributed by atoms with Crippen LogP contribution in [0.4, 0.5) is 0 Å². The number of likely N-dealkylation sites (tertiary alicyclic amines) is 1. The average molecular weight is 327 g/mol. The maximum absolute atomic E-state index is 12.5. The predicted octanol–water partition coefficient (Wildman–Crippen LogP) is 3.45. The molecule has 0 aliphatic carbocycles. The number of rotatable bonds is 4. The van der Waals surface area contributed by atoms with Crippen molar-refractivity contribution >= 4 is 5.91 Å². The van der Waals surface area contributed by atoms with Crippen LogP contribution in [0.1, 0.15) is 61.4 Å². The Labute approximate surface area is 143 Å². The molecule has 0 radical (unpaired) electrons. The summed E-state index contributed by atoms with van der Waals surface area (Å²) >= 11 is 0. The highest BCUT2D eigenvalue weighted by Crippen LogP contribution is 2.28. The summed E-state index contributed by atoms with van der Waals surface area (Å²) in [4.78, 5) is 14.4. The maximum Gasteiger partial charge on any atom is 0.226 e. The Morgan fingerprint density at radius 2 is 2.04 bits per heavy atom. The Morgan fingerprint density at radius 3 is 2.67 bits per heavy atom. The van der Waals surface area contributed by atoms with Crippen LogP contribution in [0.15, 0.2) is 28.7 Å². The molecule has 1 aromatic carbocycles. The van der Waals surface area contributed by atoms with E-state index in [0.29, 0.717) is 12.3 Å². The zero-order valence-electron chi connectivity index (χ0n) is 14.7. The minimum Gasteiger partial charge on any atom is -0.425 e.